The summed E-state index contributed by atoms with van der Waals surface area (Å²) < 4.78 is 15.9. The van der Waals surface area contributed by atoms with E-state index >= 15 is 0 Å². The third kappa shape index (κ3) is 6.50. The van der Waals surface area contributed by atoms with Gasteiger partial charge in [-0.15, -0.1) is 0 Å². The Kier molecular flexibility index (Phi) is 7.26. The molecule has 7 heteroatoms. The first kappa shape index (κ1) is 21.1. The molecule has 0 saturated heterocycles. The van der Waals surface area contributed by atoms with Crippen molar-refractivity contribution in [2.24, 2.45) is 0 Å². The van der Waals surface area contributed by atoms with Crippen LogP contribution in [0.25, 0.3) is 0 Å². The van der Waals surface area contributed by atoms with Crippen molar-refractivity contribution in [1.29, 1.82) is 0 Å². The molecule has 0 saturated carbocycles. The second kappa shape index (κ2) is 9.64. The highest BCUT2D eigenvalue weighted by atomic mass is 16.5. The molecular weight excluding hydrogens is 360 g/mol. The highest BCUT2D eigenvalue weighted by Crippen LogP contribution is 2.25. The predicted molar refractivity (Wildman–Crippen MR) is 105 cm³/mol. The van der Waals surface area contributed by atoms with E-state index in [-0.39, 0.29) is 18.6 Å². The van der Waals surface area contributed by atoms with Gasteiger partial charge in [-0.05, 0) is 35.2 Å². The summed E-state index contributed by atoms with van der Waals surface area (Å²) in [6.45, 7) is 5.88. The lowest BCUT2D eigenvalue weighted by Crippen LogP contribution is -2.45. The van der Waals surface area contributed by atoms with Crippen molar-refractivity contribution in [2.45, 2.75) is 26.2 Å². The number of hydrogen-bond donors (Lipinski definition) is 2. The zero-order valence-corrected chi connectivity index (χ0v) is 16.6. The minimum atomic E-state index is -0.506. The van der Waals surface area contributed by atoms with Crippen LogP contribution in [0.5, 0.6) is 17.2 Å². The maximum Gasteiger partial charge on any atom is 0.276 e. The van der Waals surface area contributed by atoms with Crippen molar-refractivity contribution in [3.05, 3.63) is 54.1 Å². The molecule has 0 aliphatic carbocycles. The van der Waals surface area contributed by atoms with Crippen LogP contribution in [0.3, 0.4) is 0 Å². The van der Waals surface area contributed by atoms with Crippen molar-refractivity contribution in [2.75, 3.05) is 20.3 Å². The van der Waals surface area contributed by atoms with Gasteiger partial charge in [0.2, 0.25) is 0 Å². The molecule has 2 aromatic rings. The Bertz CT molecular complexity index is 797. The standard InChI is InChI=1S/C21H26N2O5/c1-21(2,3)15-9-11-16(12-10-15)27-13-19(24)22-23-20(25)14-28-18-8-6-5-7-17(18)26-4/h5-12H,13-14H2,1-4H3,(H,22,24)(H,23,25). The lowest BCUT2D eigenvalue weighted by Gasteiger charge is -2.19. The summed E-state index contributed by atoms with van der Waals surface area (Å²) in [4.78, 5) is 23.6. The number of hydrazine groups is 1. The molecule has 2 N–H and O–H groups in total. The van der Waals surface area contributed by atoms with Gasteiger partial charge < -0.3 is 14.2 Å². The number of hydrogen-bond acceptors (Lipinski definition) is 5. The minimum absolute atomic E-state index is 0.0476. The van der Waals surface area contributed by atoms with Crippen molar-refractivity contribution in [1.82, 2.24) is 10.9 Å². The fourth-order valence-electron chi connectivity index (χ4n) is 2.29. The number of amides is 2. The molecule has 2 aromatic carbocycles. The maximum absolute atomic E-state index is 11.8. The van der Waals surface area contributed by atoms with E-state index in [0.29, 0.717) is 17.2 Å². The molecule has 7 nitrogen and oxygen atoms in total. The highest BCUT2D eigenvalue weighted by molar-refractivity contribution is 5.83. The fraction of sp³-hybridized carbons (Fsp3) is 0.333. The van der Waals surface area contributed by atoms with Gasteiger partial charge in [0.25, 0.3) is 11.8 Å². The van der Waals surface area contributed by atoms with Crippen LogP contribution in [-0.2, 0) is 15.0 Å². The summed E-state index contributed by atoms with van der Waals surface area (Å²) in [5.74, 6) is 0.548. The van der Waals surface area contributed by atoms with Gasteiger partial charge in [-0.1, -0.05) is 45.0 Å². The maximum atomic E-state index is 11.8. The van der Waals surface area contributed by atoms with Gasteiger partial charge in [0.15, 0.2) is 24.7 Å². The summed E-state index contributed by atoms with van der Waals surface area (Å²) >= 11 is 0. The van der Waals surface area contributed by atoms with E-state index in [0.717, 1.165) is 0 Å². The topological polar surface area (TPSA) is 85.9 Å². The van der Waals surface area contributed by atoms with Crippen molar-refractivity contribution >= 4 is 11.8 Å². The Labute approximate surface area is 165 Å². The van der Waals surface area contributed by atoms with Crippen LogP contribution in [0.2, 0.25) is 0 Å². The SMILES string of the molecule is COc1ccccc1OCC(=O)NNC(=O)COc1ccc(C(C)(C)C)cc1. The molecule has 150 valence electrons. The number of benzene rings is 2. The Balaban J connectivity index is 1.71. The van der Waals surface area contributed by atoms with E-state index in [1.807, 2.05) is 24.3 Å². The Morgan fingerprint density at radius 2 is 1.36 bits per heavy atom. The summed E-state index contributed by atoms with van der Waals surface area (Å²) in [6, 6.07) is 14.5. The molecule has 2 amide bonds. The van der Waals surface area contributed by atoms with Crippen LogP contribution in [0.4, 0.5) is 0 Å². The molecule has 0 unspecified atom stereocenters. The van der Waals surface area contributed by atoms with Gasteiger partial charge in [0.05, 0.1) is 7.11 Å². The second-order valence-corrected chi connectivity index (χ2v) is 7.10. The molecule has 0 aliphatic rings. The quantitative estimate of drug-likeness (QED) is 0.715. The molecule has 0 fully saturated rings. The average Bonchev–Trinajstić information content (AvgIpc) is 2.69. The van der Waals surface area contributed by atoms with E-state index in [2.05, 4.69) is 31.6 Å². The third-order valence-electron chi connectivity index (χ3n) is 3.86. The van der Waals surface area contributed by atoms with Crippen LogP contribution in [0.1, 0.15) is 26.3 Å². The van der Waals surface area contributed by atoms with Gasteiger partial charge in [-0.2, -0.15) is 0 Å². The number of carbonyl (C=O) groups is 2. The first-order valence-electron chi connectivity index (χ1n) is 8.86. The van der Waals surface area contributed by atoms with E-state index in [1.165, 1.54) is 12.7 Å². The van der Waals surface area contributed by atoms with Gasteiger partial charge in [-0.25, -0.2) is 0 Å². The molecule has 0 radical (unpaired) electrons. The first-order valence-corrected chi connectivity index (χ1v) is 8.86. The molecule has 0 heterocycles. The van der Waals surface area contributed by atoms with Crippen LogP contribution in [0.15, 0.2) is 48.5 Å². The van der Waals surface area contributed by atoms with Crippen molar-refractivity contribution in [3.63, 3.8) is 0 Å². The Morgan fingerprint density at radius 1 is 0.821 bits per heavy atom. The lowest BCUT2D eigenvalue weighted by atomic mass is 9.87. The fourth-order valence-corrected chi connectivity index (χ4v) is 2.29. The zero-order valence-electron chi connectivity index (χ0n) is 16.6. The number of carbonyl (C=O) groups excluding carboxylic acids is 2. The van der Waals surface area contributed by atoms with Gasteiger partial charge in [-0.3, -0.25) is 20.4 Å². The van der Waals surface area contributed by atoms with E-state index in [9.17, 15) is 9.59 Å². The van der Waals surface area contributed by atoms with Gasteiger partial charge in [0.1, 0.15) is 5.75 Å². The zero-order chi connectivity index (χ0) is 20.6. The van der Waals surface area contributed by atoms with Crippen LogP contribution >= 0.6 is 0 Å². The molecular formula is C21H26N2O5. The van der Waals surface area contributed by atoms with E-state index < -0.39 is 11.8 Å². The van der Waals surface area contributed by atoms with Gasteiger partial charge >= 0.3 is 0 Å². The van der Waals surface area contributed by atoms with Crippen molar-refractivity contribution < 1.29 is 23.8 Å². The van der Waals surface area contributed by atoms with E-state index in [4.69, 9.17) is 14.2 Å². The number of para-hydroxylation sites is 2. The highest BCUT2D eigenvalue weighted by Gasteiger charge is 2.13. The molecule has 2 rings (SSSR count). The number of nitrogens with one attached hydrogen (secondary N) is 2. The Hall–Kier alpha value is -3.22. The summed E-state index contributed by atoms with van der Waals surface area (Å²) in [5, 5.41) is 0. The Morgan fingerprint density at radius 3 is 1.89 bits per heavy atom. The number of methoxy groups -OCH3 is 1. The van der Waals surface area contributed by atoms with Crippen LogP contribution < -0.4 is 25.1 Å². The predicted octanol–water partition coefficient (Wildman–Crippen LogP) is 2.60. The molecule has 0 aromatic heterocycles. The second-order valence-electron chi connectivity index (χ2n) is 7.10. The van der Waals surface area contributed by atoms with Crippen LogP contribution in [-0.4, -0.2) is 32.1 Å². The average molecular weight is 386 g/mol. The van der Waals surface area contributed by atoms with Gasteiger partial charge in [0, 0.05) is 0 Å². The lowest BCUT2D eigenvalue weighted by molar-refractivity contribution is -0.131. The molecule has 0 spiro atoms. The van der Waals surface area contributed by atoms with Crippen molar-refractivity contribution in [3.8, 4) is 17.2 Å². The molecule has 28 heavy (non-hydrogen) atoms. The molecule has 0 aliphatic heterocycles. The van der Waals surface area contributed by atoms with Crippen LogP contribution in [0, 0.1) is 0 Å². The van der Waals surface area contributed by atoms with E-state index in [1.54, 1.807) is 24.3 Å². The minimum Gasteiger partial charge on any atom is -0.493 e. The normalized spacial score (nSPS) is 10.7. The smallest absolute Gasteiger partial charge is 0.276 e. The molecule has 0 atom stereocenters. The third-order valence-corrected chi connectivity index (χ3v) is 3.86. The molecule has 0 bridgehead atoms. The summed E-state index contributed by atoms with van der Waals surface area (Å²) in [5.41, 5.74) is 5.77. The monoisotopic (exact) mass is 386 g/mol. The number of rotatable bonds is 7. The largest absolute Gasteiger partial charge is 0.493 e. The summed E-state index contributed by atoms with van der Waals surface area (Å²) in [6.07, 6.45) is 0. The summed E-state index contributed by atoms with van der Waals surface area (Å²) in [7, 11) is 1.51. The number of ether oxygens (including phenoxy) is 3. The first-order chi connectivity index (χ1) is 13.3.